The van der Waals surface area contributed by atoms with E-state index in [-0.39, 0.29) is 17.9 Å². The molecular weight excluding hydrogens is 510 g/mol. The number of fused-ring (bicyclic) bond motifs is 1. The Labute approximate surface area is 231 Å². The van der Waals surface area contributed by atoms with Gasteiger partial charge in [0.2, 0.25) is 11.9 Å². The van der Waals surface area contributed by atoms with Gasteiger partial charge < -0.3 is 14.8 Å². The molecule has 1 aliphatic carbocycles. The van der Waals surface area contributed by atoms with E-state index in [1.807, 2.05) is 27.7 Å². The minimum absolute atomic E-state index is 0.00781. The number of amides is 2. The maximum absolute atomic E-state index is 13.3. The number of likely N-dealkylation sites (tertiary alicyclic amines) is 1. The molecule has 1 aromatic carbocycles. The van der Waals surface area contributed by atoms with Crippen LogP contribution < -0.4 is 10.6 Å². The molecule has 2 fully saturated rings. The largest absolute Gasteiger partial charge is 0.334 e. The van der Waals surface area contributed by atoms with Gasteiger partial charge in [-0.05, 0) is 86.2 Å². The monoisotopic (exact) mass is 541 g/mol. The molecule has 10 heteroatoms. The second-order valence-corrected chi connectivity index (χ2v) is 11.3. The Morgan fingerprint density at radius 1 is 1.15 bits per heavy atom. The third-order valence-corrected chi connectivity index (χ3v) is 8.49. The van der Waals surface area contributed by atoms with Crippen molar-refractivity contribution in [1.82, 2.24) is 30.0 Å². The minimum Gasteiger partial charge on any atom is -0.334 e. The van der Waals surface area contributed by atoms with Gasteiger partial charge in [-0.1, -0.05) is 12.6 Å². The van der Waals surface area contributed by atoms with E-state index in [2.05, 4.69) is 45.6 Å². The number of imidazole rings is 1. The maximum Gasteiger partial charge on any atom is 0.268 e. The van der Waals surface area contributed by atoms with Crippen LogP contribution >= 0.6 is 11.3 Å². The summed E-state index contributed by atoms with van der Waals surface area (Å²) in [5.41, 5.74) is 3.63. The number of carbonyl (C=O) groups excluding carboxylic acids is 2. The average Bonchev–Trinajstić information content (AvgIpc) is 3.33. The lowest BCUT2D eigenvalue weighted by Gasteiger charge is -2.24. The maximum atomic E-state index is 13.3. The van der Waals surface area contributed by atoms with Gasteiger partial charge in [-0.2, -0.15) is 5.10 Å². The molecule has 1 atom stereocenters. The molecule has 4 heterocycles. The van der Waals surface area contributed by atoms with E-state index in [4.69, 9.17) is 4.98 Å². The molecule has 0 spiro atoms. The number of aromatic nitrogens is 4. The second-order valence-electron chi connectivity index (χ2n) is 10.2. The smallest absolute Gasteiger partial charge is 0.268 e. The summed E-state index contributed by atoms with van der Waals surface area (Å²) in [5, 5.41) is 14.7. The van der Waals surface area contributed by atoms with Gasteiger partial charge in [0.15, 0.2) is 0 Å². The summed E-state index contributed by atoms with van der Waals surface area (Å²) in [6.45, 7) is 6.75. The predicted octanol–water partition coefficient (Wildman–Crippen LogP) is 4.48. The molecular formula is C29H31N7O2S. The lowest BCUT2D eigenvalue weighted by Crippen LogP contribution is -2.37. The van der Waals surface area contributed by atoms with Crippen LogP contribution in [0.2, 0.25) is 0 Å². The van der Waals surface area contributed by atoms with Gasteiger partial charge in [-0.3, -0.25) is 14.9 Å². The van der Waals surface area contributed by atoms with Crippen molar-refractivity contribution >= 4 is 40.1 Å². The topological polar surface area (TPSA) is 105 Å². The van der Waals surface area contributed by atoms with Crippen LogP contribution in [0.15, 0.2) is 61.3 Å². The zero-order chi connectivity index (χ0) is 26.8. The van der Waals surface area contributed by atoms with E-state index in [9.17, 15) is 9.59 Å². The third kappa shape index (κ3) is 5.62. The minimum atomic E-state index is -0.233. The highest BCUT2D eigenvalue weighted by Crippen LogP contribution is 2.30. The number of thiophene rings is 1. The molecule has 1 saturated carbocycles. The van der Waals surface area contributed by atoms with E-state index >= 15 is 0 Å². The number of nitrogens with zero attached hydrogens (tertiary/aromatic N) is 5. The molecule has 39 heavy (non-hydrogen) atoms. The molecule has 1 saturated heterocycles. The quantitative estimate of drug-likeness (QED) is 0.287. The van der Waals surface area contributed by atoms with Gasteiger partial charge in [0.05, 0.1) is 26.8 Å². The summed E-state index contributed by atoms with van der Waals surface area (Å²) >= 11 is 1.36. The van der Waals surface area contributed by atoms with Gasteiger partial charge in [-0.15, -0.1) is 16.4 Å². The van der Waals surface area contributed by atoms with Crippen LogP contribution in [-0.2, 0) is 17.9 Å². The summed E-state index contributed by atoms with van der Waals surface area (Å²) in [4.78, 5) is 34.0. The van der Waals surface area contributed by atoms with Crippen LogP contribution in [0.4, 0.5) is 5.95 Å². The van der Waals surface area contributed by atoms with Crippen LogP contribution in [-0.4, -0.2) is 55.6 Å². The first-order chi connectivity index (χ1) is 19.1. The van der Waals surface area contributed by atoms with E-state index in [0.29, 0.717) is 23.9 Å². The molecule has 0 radical (unpaired) electrons. The van der Waals surface area contributed by atoms with Crippen molar-refractivity contribution in [2.24, 2.45) is 5.92 Å². The van der Waals surface area contributed by atoms with E-state index < -0.39 is 0 Å². The van der Waals surface area contributed by atoms with Gasteiger partial charge in [0, 0.05) is 25.8 Å². The summed E-state index contributed by atoms with van der Waals surface area (Å²) in [7, 11) is 0. The number of rotatable bonds is 10. The average molecular weight is 542 g/mol. The first-order valence-electron chi connectivity index (χ1n) is 13.4. The molecule has 2 amide bonds. The summed E-state index contributed by atoms with van der Waals surface area (Å²) in [5.74, 6) is 0.995. The van der Waals surface area contributed by atoms with E-state index in [1.165, 1.54) is 30.3 Å². The molecule has 9 nitrogen and oxygen atoms in total. The highest BCUT2D eigenvalue weighted by Gasteiger charge is 2.29. The normalized spacial score (nSPS) is 17.0. The zero-order valence-electron chi connectivity index (χ0n) is 21.7. The Morgan fingerprint density at radius 3 is 2.85 bits per heavy atom. The van der Waals surface area contributed by atoms with Crippen LogP contribution in [0.1, 0.15) is 40.9 Å². The number of anilines is 1. The number of nitrogens with one attached hydrogen (secondary N) is 2. The van der Waals surface area contributed by atoms with Gasteiger partial charge in [-0.25, -0.2) is 4.98 Å². The lowest BCUT2D eigenvalue weighted by molar-refractivity contribution is -0.126. The standard InChI is InChI=1S/C29H31N7O2S/c1-2-27(37)35-14-4-5-21(35)18-36-24-10-9-20(17-30-16-19-7-8-19)15-23(24)32-29(36)33-28(38)26-12-11-25(39-26)22-6-3-13-31-34-22/h2-3,6,9-13,15,19,21,30H,1,4-5,7-8,14,16-18H2,(H,32,33,38)/t21-/m1/s1. The van der Waals surface area contributed by atoms with Crippen molar-refractivity contribution in [3.63, 3.8) is 0 Å². The van der Waals surface area contributed by atoms with Crippen LogP contribution in [0.5, 0.6) is 0 Å². The predicted molar refractivity (Wildman–Crippen MR) is 152 cm³/mol. The highest BCUT2D eigenvalue weighted by molar-refractivity contribution is 7.17. The molecule has 0 bridgehead atoms. The fourth-order valence-electron chi connectivity index (χ4n) is 5.15. The molecule has 6 rings (SSSR count). The SMILES string of the molecule is C=CC(=O)N1CCC[C@@H]1Cn1c(NC(=O)c2ccc(-c3cccnn3)s2)nc2cc(CNCC3CC3)ccc21. The van der Waals surface area contributed by atoms with Crippen molar-refractivity contribution in [2.45, 2.75) is 44.8 Å². The van der Waals surface area contributed by atoms with Crippen LogP contribution in [0.25, 0.3) is 21.6 Å². The van der Waals surface area contributed by atoms with Crippen molar-refractivity contribution in [2.75, 3.05) is 18.4 Å². The number of hydrogen-bond donors (Lipinski definition) is 2. The van der Waals surface area contributed by atoms with Crippen molar-refractivity contribution < 1.29 is 9.59 Å². The van der Waals surface area contributed by atoms with Crippen LogP contribution in [0.3, 0.4) is 0 Å². The summed E-state index contributed by atoms with van der Waals surface area (Å²) in [6, 6.07) is 13.6. The molecule has 200 valence electrons. The van der Waals surface area contributed by atoms with Crippen LogP contribution in [0, 0.1) is 5.92 Å². The summed E-state index contributed by atoms with van der Waals surface area (Å²) < 4.78 is 2.03. The second kappa shape index (κ2) is 11.1. The lowest BCUT2D eigenvalue weighted by atomic mass is 10.2. The number of hydrogen-bond acceptors (Lipinski definition) is 7. The van der Waals surface area contributed by atoms with Crippen molar-refractivity contribution in [3.05, 3.63) is 71.8 Å². The molecule has 0 unspecified atom stereocenters. The number of carbonyl (C=O) groups is 2. The molecule has 1 aliphatic heterocycles. The Morgan fingerprint density at radius 2 is 2.05 bits per heavy atom. The number of benzene rings is 1. The first-order valence-corrected chi connectivity index (χ1v) is 14.2. The van der Waals surface area contributed by atoms with Crippen molar-refractivity contribution in [3.8, 4) is 10.6 Å². The molecule has 3 aromatic heterocycles. The fraction of sp³-hybridized carbons (Fsp3) is 0.345. The van der Waals surface area contributed by atoms with E-state index in [1.54, 1.807) is 12.3 Å². The zero-order valence-corrected chi connectivity index (χ0v) is 22.5. The highest BCUT2D eigenvalue weighted by atomic mass is 32.1. The first kappa shape index (κ1) is 25.4. The molecule has 2 aliphatic rings. The summed E-state index contributed by atoms with van der Waals surface area (Å²) in [6.07, 6.45) is 7.46. The van der Waals surface area contributed by atoms with Gasteiger partial charge >= 0.3 is 0 Å². The van der Waals surface area contributed by atoms with Crippen molar-refractivity contribution in [1.29, 1.82) is 0 Å². The Balaban J connectivity index is 1.28. The van der Waals surface area contributed by atoms with Gasteiger partial charge in [0.1, 0.15) is 5.69 Å². The fourth-order valence-corrected chi connectivity index (χ4v) is 6.01. The Hall–Kier alpha value is -3.89. The Bertz CT molecular complexity index is 1510. The van der Waals surface area contributed by atoms with Gasteiger partial charge in [0.25, 0.3) is 5.91 Å². The Kier molecular flexibility index (Phi) is 7.21. The molecule has 2 N–H and O–H groups in total. The molecule has 4 aromatic rings. The third-order valence-electron chi connectivity index (χ3n) is 7.38. The van der Waals surface area contributed by atoms with E-state index in [0.717, 1.165) is 59.0 Å².